The van der Waals surface area contributed by atoms with Crippen LogP contribution in [-0.2, 0) is 0 Å². The van der Waals surface area contributed by atoms with Crippen LogP contribution in [0.4, 0.5) is 0 Å². The number of carbonyl (C=O) groups is 1. The van der Waals surface area contributed by atoms with Gasteiger partial charge in [-0.15, -0.1) is 11.6 Å². The maximum atomic E-state index is 12.1. The lowest BCUT2D eigenvalue weighted by Gasteiger charge is -2.09. The standard InChI is InChI=1S/C16H17BrClNO/c1-2-15(18)7-8-19-16(20)13-4-3-12-10-14(17)6-5-11(12)9-13/h3-6,9-10,15H,2,7-8H2,1H3,(H,19,20). The zero-order valence-corrected chi connectivity index (χ0v) is 13.7. The molecule has 0 aliphatic heterocycles. The van der Waals surface area contributed by atoms with Crippen LogP contribution in [0, 0.1) is 0 Å². The van der Waals surface area contributed by atoms with E-state index >= 15 is 0 Å². The average Bonchev–Trinajstić information content (AvgIpc) is 2.46. The van der Waals surface area contributed by atoms with E-state index in [-0.39, 0.29) is 11.3 Å². The summed E-state index contributed by atoms with van der Waals surface area (Å²) in [4.78, 5) is 12.1. The van der Waals surface area contributed by atoms with Crippen LogP contribution in [0.25, 0.3) is 10.8 Å². The van der Waals surface area contributed by atoms with Crippen LogP contribution in [0.3, 0.4) is 0 Å². The Morgan fingerprint density at radius 1 is 1.25 bits per heavy atom. The molecule has 1 N–H and O–H groups in total. The largest absolute Gasteiger partial charge is 0.352 e. The van der Waals surface area contributed by atoms with Gasteiger partial charge in [-0.2, -0.15) is 0 Å². The highest BCUT2D eigenvalue weighted by molar-refractivity contribution is 9.10. The van der Waals surface area contributed by atoms with Gasteiger partial charge >= 0.3 is 0 Å². The summed E-state index contributed by atoms with van der Waals surface area (Å²) in [5, 5.41) is 5.21. The van der Waals surface area contributed by atoms with Gasteiger partial charge in [0.05, 0.1) is 0 Å². The molecule has 2 aromatic carbocycles. The molecule has 0 heterocycles. The number of benzene rings is 2. The van der Waals surface area contributed by atoms with Crippen molar-refractivity contribution >= 4 is 44.2 Å². The molecule has 1 amide bonds. The number of halogens is 2. The monoisotopic (exact) mass is 353 g/mol. The summed E-state index contributed by atoms with van der Waals surface area (Å²) in [5.74, 6) is -0.0465. The molecule has 0 bridgehead atoms. The summed E-state index contributed by atoms with van der Waals surface area (Å²) in [6.07, 6.45) is 1.71. The molecule has 1 atom stereocenters. The molecule has 2 aromatic rings. The van der Waals surface area contributed by atoms with E-state index in [9.17, 15) is 4.79 Å². The summed E-state index contributed by atoms with van der Waals surface area (Å²) < 4.78 is 1.04. The highest BCUT2D eigenvalue weighted by atomic mass is 79.9. The maximum absolute atomic E-state index is 12.1. The highest BCUT2D eigenvalue weighted by Crippen LogP contribution is 2.21. The number of hydrogen-bond donors (Lipinski definition) is 1. The van der Waals surface area contributed by atoms with Crippen LogP contribution in [-0.4, -0.2) is 17.8 Å². The second-order valence-electron chi connectivity index (χ2n) is 4.76. The number of carbonyl (C=O) groups excluding carboxylic acids is 1. The summed E-state index contributed by atoms with van der Waals surface area (Å²) >= 11 is 9.47. The molecule has 0 aliphatic carbocycles. The van der Waals surface area contributed by atoms with Crippen molar-refractivity contribution < 1.29 is 4.79 Å². The molecule has 106 valence electrons. The van der Waals surface area contributed by atoms with E-state index in [1.165, 1.54) is 0 Å². The molecule has 0 spiro atoms. The first-order chi connectivity index (χ1) is 9.60. The zero-order chi connectivity index (χ0) is 14.5. The first-order valence-electron chi connectivity index (χ1n) is 6.71. The number of fused-ring (bicyclic) bond motifs is 1. The molecule has 20 heavy (non-hydrogen) atoms. The molecule has 0 aromatic heterocycles. The third-order valence-electron chi connectivity index (χ3n) is 3.25. The fourth-order valence-electron chi connectivity index (χ4n) is 2.01. The van der Waals surface area contributed by atoms with Gasteiger partial charge in [-0.05, 0) is 47.9 Å². The van der Waals surface area contributed by atoms with Gasteiger partial charge in [0.1, 0.15) is 0 Å². The number of nitrogens with one attached hydrogen (secondary N) is 1. The van der Waals surface area contributed by atoms with Crippen LogP contribution in [0.1, 0.15) is 30.1 Å². The van der Waals surface area contributed by atoms with Gasteiger partial charge in [-0.1, -0.05) is 35.0 Å². The zero-order valence-electron chi connectivity index (χ0n) is 11.3. The summed E-state index contributed by atoms with van der Waals surface area (Å²) in [5.41, 5.74) is 0.683. The predicted octanol–water partition coefficient (Wildman–Crippen LogP) is 4.74. The molecule has 4 heteroatoms. The molecular formula is C16H17BrClNO. The van der Waals surface area contributed by atoms with Crippen molar-refractivity contribution in [1.29, 1.82) is 0 Å². The molecule has 0 fully saturated rings. The van der Waals surface area contributed by atoms with Gasteiger partial charge < -0.3 is 5.32 Å². The molecule has 0 saturated heterocycles. The Morgan fingerprint density at radius 3 is 2.70 bits per heavy atom. The number of amides is 1. The third-order valence-corrected chi connectivity index (χ3v) is 4.27. The Bertz CT molecular complexity index is 614. The van der Waals surface area contributed by atoms with E-state index in [1.807, 2.05) is 43.3 Å². The summed E-state index contributed by atoms with van der Waals surface area (Å²) in [7, 11) is 0. The summed E-state index contributed by atoms with van der Waals surface area (Å²) in [6.45, 7) is 2.65. The van der Waals surface area contributed by atoms with Crippen molar-refractivity contribution in [1.82, 2.24) is 5.32 Å². The van der Waals surface area contributed by atoms with Crippen LogP contribution in [0.15, 0.2) is 40.9 Å². The minimum Gasteiger partial charge on any atom is -0.352 e. The van der Waals surface area contributed by atoms with E-state index in [2.05, 4.69) is 21.2 Å². The fourth-order valence-corrected chi connectivity index (χ4v) is 2.49. The normalized spacial score (nSPS) is 12.3. The van der Waals surface area contributed by atoms with E-state index in [0.717, 1.165) is 28.1 Å². The van der Waals surface area contributed by atoms with Crippen LogP contribution >= 0.6 is 27.5 Å². The number of alkyl halides is 1. The quantitative estimate of drug-likeness (QED) is 0.772. The van der Waals surface area contributed by atoms with Gasteiger partial charge in [0.2, 0.25) is 0 Å². The van der Waals surface area contributed by atoms with E-state index in [4.69, 9.17) is 11.6 Å². The van der Waals surface area contributed by atoms with Crippen LogP contribution in [0.5, 0.6) is 0 Å². The molecule has 0 radical (unpaired) electrons. The summed E-state index contributed by atoms with van der Waals surface area (Å²) in [6, 6.07) is 11.7. The minimum absolute atomic E-state index is 0.0465. The van der Waals surface area contributed by atoms with Gasteiger partial charge in [-0.3, -0.25) is 4.79 Å². The van der Waals surface area contributed by atoms with Crippen molar-refractivity contribution in [2.45, 2.75) is 25.1 Å². The Labute approximate surface area is 132 Å². The highest BCUT2D eigenvalue weighted by Gasteiger charge is 2.07. The predicted molar refractivity (Wildman–Crippen MR) is 88.5 cm³/mol. The lowest BCUT2D eigenvalue weighted by atomic mass is 10.1. The smallest absolute Gasteiger partial charge is 0.251 e. The Hall–Kier alpha value is -1.06. The van der Waals surface area contributed by atoms with Crippen molar-refractivity contribution in [3.8, 4) is 0 Å². The third kappa shape index (κ3) is 3.97. The van der Waals surface area contributed by atoms with E-state index < -0.39 is 0 Å². The lowest BCUT2D eigenvalue weighted by molar-refractivity contribution is 0.0953. The van der Waals surface area contributed by atoms with E-state index in [1.54, 1.807) is 0 Å². The number of hydrogen-bond acceptors (Lipinski definition) is 1. The van der Waals surface area contributed by atoms with Crippen molar-refractivity contribution in [3.05, 3.63) is 46.4 Å². The van der Waals surface area contributed by atoms with Gasteiger partial charge in [0.15, 0.2) is 0 Å². The number of rotatable bonds is 5. The Kier molecular flexibility index (Phi) is 5.44. The van der Waals surface area contributed by atoms with Crippen molar-refractivity contribution in [3.63, 3.8) is 0 Å². The van der Waals surface area contributed by atoms with Crippen LogP contribution in [0.2, 0.25) is 0 Å². The molecule has 2 nitrogen and oxygen atoms in total. The van der Waals surface area contributed by atoms with Gasteiger partial charge in [0, 0.05) is 22.0 Å². The first-order valence-corrected chi connectivity index (χ1v) is 7.94. The Morgan fingerprint density at radius 2 is 1.95 bits per heavy atom. The molecule has 0 saturated carbocycles. The molecule has 2 rings (SSSR count). The van der Waals surface area contributed by atoms with Gasteiger partial charge in [-0.25, -0.2) is 0 Å². The van der Waals surface area contributed by atoms with Crippen molar-refractivity contribution in [2.24, 2.45) is 0 Å². The van der Waals surface area contributed by atoms with Crippen LogP contribution < -0.4 is 5.32 Å². The maximum Gasteiger partial charge on any atom is 0.251 e. The second kappa shape index (κ2) is 7.09. The lowest BCUT2D eigenvalue weighted by Crippen LogP contribution is -2.26. The minimum atomic E-state index is -0.0465. The first kappa shape index (κ1) is 15.3. The van der Waals surface area contributed by atoms with Gasteiger partial charge in [0.25, 0.3) is 5.91 Å². The fraction of sp³-hybridized carbons (Fsp3) is 0.312. The Balaban J connectivity index is 2.05. The van der Waals surface area contributed by atoms with Crippen molar-refractivity contribution in [2.75, 3.05) is 6.54 Å². The molecule has 1 unspecified atom stereocenters. The topological polar surface area (TPSA) is 29.1 Å². The molecule has 0 aliphatic rings. The van der Waals surface area contributed by atoms with E-state index in [0.29, 0.717) is 12.1 Å². The molecular weight excluding hydrogens is 338 g/mol. The SMILES string of the molecule is CCC(Cl)CCNC(=O)c1ccc2cc(Br)ccc2c1. The average molecular weight is 355 g/mol. The second-order valence-corrected chi connectivity index (χ2v) is 6.29.